The van der Waals surface area contributed by atoms with Crippen LogP contribution in [0.2, 0.25) is 0 Å². The molecule has 0 fully saturated rings. The number of fused-ring (bicyclic) bond motifs is 1. The lowest BCUT2D eigenvalue weighted by atomic mass is 9.94. The molecule has 0 radical (unpaired) electrons. The van der Waals surface area contributed by atoms with Crippen molar-refractivity contribution in [3.05, 3.63) is 50.0 Å². The van der Waals surface area contributed by atoms with Crippen LogP contribution in [-0.2, 0) is 12.5 Å². The van der Waals surface area contributed by atoms with E-state index in [-0.39, 0.29) is 16.5 Å². The molecule has 3 heterocycles. The Morgan fingerprint density at radius 3 is 2.59 bits per heavy atom. The number of aryl methyl sites for hydroxylation is 1. The maximum absolute atomic E-state index is 12.3. The fourth-order valence-corrected chi connectivity index (χ4v) is 3.22. The number of thiophene rings is 1. The minimum absolute atomic E-state index is 0.0271. The Kier molecular flexibility index (Phi) is 3.29. The minimum atomic E-state index is -0.174. The van der Waals surface area contributed by atoms with E-state index in [0.717, 1.165) is 4.88 Å². The Morgan fingerprint density at radius 1 is 1.23 bits per heavy atom. The third-order valence-electron chi connectivity index (χ3n) is 3.52. The summed E-state index contributed by atoms with van der Waals surface area (Å²) in [5, 5.41) is 0.600. The van der Waals surface area contributed by atoms with Crippen LogP contribution in [0, 0.1) is 0 Å². The van der Waals surface area contributed by atoms with Gasteiger partial charge >= 0.3 is 0 Å². The van der Waals surface area contributed by atoms with Crippen molar-refractivity contribution < 1.29 is 0 Å². The summed E-state index contributed by atoms with van der Waals surface area (Å²) in [5.41, 5.74) is 0.280. The second kappa shape index (κ2) is 4.91. The summed E-state index contributed by atoms with van der Waals surface area (Å²) < 4.78 is 1.48. The zero-order chi connectivity index (χ0) is 16.1. The molecule has 0 aliphatic heterocycles. The van der Waals surface area contributed by atoms with Crippen molar-refractivity contribution in [2.45, 2.75) is 26.2 Å². The molecule has 0 aliphatic rings. The molecule has 114 valence electrons. The molecule has 3 aromatic rings. The van der Waals surface area contributed by atoms with Crippen molar-refractivity contribution in [2.75, 3.05) is 0 Å². The zero-order valence-corrected chi connectivity index (χ0v) is 13.7. The molecule has 0 saturated carbocycles. The molecule has 0 amide bonds. The molecule has 0 aliphatic carbocycles. The maximum atomic E-state index is 12.3. The summed E-state index contributed by atoms with van der Waals surface area (Å²) in [7, 11) is 1.68. The van der Waals surface area contributed by atoms with E-state index in [4.69, 9.17) is 0 Å². The highest BCUT2D eigenvalue weighted by Gasteiger charge is 2.19. The van der Waals surface area contributed by atoms with E-state index >= 15 is 0 Å². The van der Waals surface area contributed by atoms with E-state index in [2.05, 4.69) is 30.7 Å². The second-order valence-corrected chi connectivity index (χ2v) is 7.39. The first-order valence-electron chi connectivity index (χ1n) is 6.97. The number of aromatic nitrogens is 3. The molecular formula is C16H17N3O2S. The van der Waals surface area contributed by atoms with Crippen molar-refractivity contribution in [1.82, 2.24) is 14.5 Å². The first-order valence-corrected chi connectivity index (χ1v) is 7.79. The van der Waals surface area contributed by atoms with Gasteiger partial charge in [-0.25, -0.2) is 4.98 Å². The highest BCUT2D eigenvalue weighted by molar-refractivity contribution is 7.18. The first kappa shape index (κ1) is 14.7. The van der Waals surface area contributed by atoms with Crippen molar-refractivity contribution in [2.24, 2.45) is 7.05 Å². The molecule has 3 aromatic heterocycles. The van der Waals surface area contributed by atoms with Gasteiger partial charge in [-0.15, -0.1) is 11.3 Å². The number of hydrogen-bond acceptors (Lipinski definition) is 4. The van der Waals surface area contributed by atoms with E-state index in [0.29, 0.717) is 21.6 Å². The lowest BCUT2D eigenvalue weighted by Crippen LogP contribution is -2.15. The zero-order valence-electron chi connectivity index (χ0n) is 12.9. The van der Waals surface area contributed by atoms with Crippen LogP contribution in [0.1, 0.15) is 25.6 Å². The van der Waals surface area contributed by atoms with Gasteiger partial charge in [-0.05, 0) is 17.5 Å². The van der Waals surface area contributed by atoms with Gasteiger partial charge in [0.2, 0.25) is 0 Å². The Hall–Kier alpha value is -2.21. The summed E-state index contributed by atoms with van der Waals surface area (Å²) in [6.45, 7) is 6.31. The monoisotopic (exact) mass is 315 g/mol. The molecule has 0 aromatic carbocycles. The summed E-state index contributed by atoms with van der Waals surface area (Å²) in [4.78, 5) is 33.1. The molecular weight excluding hydrogens is 298 g/mol. The van der Waals surface area contributed by atoms with Gasteiger partial charge in [-0.3, -0.25) is 9.59 Å². The average molecular weight is 315 g/mol. The quantitative estimate of drug-likeness (QED) is 0.750. The number of H-pyrrole nitrogens is 1. The Labute approximate surface area is 131 Å². The highest BCUT2D eigenvalue weighted by atomic mass is 32.1. The normalized spacial score (nSPS) is 12.0. The predicted molar refractivity (Wildman–Crippen MR) is 89.6 cm³/mol. The summed E-state index contributed by atoms with van der Waals surface area (Å²) >= 11 is 1.52. The van der Waals surface area contributed by atoms with Crippen LogP contribution >= 0.6 is 11.3 Å². The van der Waals surface area contributed by atoms with E-state index in [9.17, 15) is 9.59 Å². The third-order valence-corrected chi connectivity index (χ3v) is 4.97. The minimum Gasteiger partial charge on any atom is -0.319 e. The molecule has 0 bridgehead atoms. The van der Waals surface area contributed by atoms with Gasteiger partial charge in [0.05, 0.1) is 5.39 Å². The van der Waals surface area contributed by atoms with Gasteiger partial charge in [0.15, 0.2) is 0 Å². The lowest BCUT2D eigenvalue weighted by Gasteiger charge is -2.14. The van der Waals surface area contributed by atoms with Crippen molar-refractivity contribution in [1.29, 1.82) is 0 Å². The van der Waals surface area contributed by atoms with Gasteiger partial charge in [-0.1, -0.05) is 20.8 Å². The van der Waals surface area contributed by atoms with Gasteiger partial charge in [0, 0.05) is 29.8 Å². The summed E-state index contributed by atoms with van der Waals surface area (Å²) in [6.07, 6.45) is 1.66. The van der Waals surface area contributed by atoms with Crippen LogP contribution in [0.3, 0.4) is 0 Å². The number of nitrogens with one attached hydrogen (secondary N) is 1. The Balaban J connectivity index is 2.22. The Morgan fingerprint density at radius 2 is 1.95 bits per heavy atom. The summed E-state index contributed by atoms with van der Waals surface area (Å²) in [6, 6.07) is 5.14. The predicted octanol–water partition coefficient (Wildman–Crippen LogP) is 2.65. The van der Waals surface area contributed by atoms with Crippen LogP contribution in [-0.4, -0.2) is 14.5 Å². The second-order valence-electron chi connectivity index (χ2n) is 6.36. The van der Waals surface area contributed by atoms with Crippen molar-refractivity contribution in [3.8, 4) is 11.4 Å². The van der Waals surface area contributed by atoms with Crippen LogP contribution in [0.5, 0.6) is 0 Å². The van der Waals surface area contributed by atoms with Crippen LogP contribution in [0.4, 0.5) is 0 Å². The van der Waals surface area contributed by atoms with Crippen molar-refractivity contribution >= 4 is 21.6 Å². The average Bonchev–Trinajstić information content (AvgIpc) is 2.86. The topological polar surface area (TPSA) is 67.8 Å². The molecule has 0 atom stereocenters. The van der Waals surface area contributed by atoms with Crippen LogP contribution < -0.4 is 11.1 Å². The number of aromatic amines is 1. The molecule has 0 unspecified atom stereocenters. The molecule has 0 saturated heterocycles. The highest BCUT2D eigenvalue weighted by Crippen LogP contribution is 2.32. The van der Waals surface area contributed by atoms with Gasteiger partial charge in [0.25, 0.3) is 11.1 Å². The van der Waals surface area contributed by atoms with Crippen LogP contribution in [0.25, 0.3) is 21.6 Å². The Bertz CT molecular complexity index is 973. The van der Waals surface area contributed by atoms with E-state index in [1.165, 1.54) is 22.0 Å². The molecule has 5 nitrogen and oxygen atoms in total. The van der Waals surface area contributed by atoms with Crippen LogP contribution in [0.15, 0.2) is 34.0 Å². The number of pyridine rings is 1. The fraction of sp³-hybridized carbons (Fsp3) is 0.312. The van der Waals surface area contributed by atoms with E-state index in [1.54, 1.807) is 19.3 Å². The summed E-state index contributed by atoms with van der Waals surface area (Å²) in [5.74, 6) is 0.428. The maximum Gasteiger partial charge on any atom is 0.259 e. The number of rotatable bonds is 1. The molecule has 3 rings (SSSR count). The number of hydrogen-bond donors (Lipinski definition) is 1. The van der Waals surface area contributed by atoms with E-state index < -0.39 is 0 Å². The smallest absolute Gasteiger partial charge is 0.259 e. The molecule has 0 spiro atoms. The SMILES string of the molecule is Cn1ccc(-c2nc3sc(C(C)(C)C)cc3c(=O)[nH]2)cc1=O. The molecule has 1 N–H and O–H groups in total. The largest absolute Gasteiger partial charge is 0.319 e. The molecule has 6 heteroatoms. The third kappa shape index (κ3) is 2.50. The van der Waals surface area contributed by atoms with Gasteiger partial charge < -0.3 is 9.55 Å². The lowest BCUT2D eigenvalue weighted by molar-refractivity contribution is 0.604. The fourth-order valence-electron chi connectivity index (χ4n) is 2.13. The first-order chi connectivity index (χ1) is 10.3. The standard InChI is InChI=1S/C16H17N3O2S/c1-16(2,3)11-8-10-14(21)17-13(18-15(10)22-11)9-5-6-19(4)12(20)7-9/h5-8H,1-4H3,(H,17,18,21). The number of nitrogens with zero attached hydrogens (tertiary/aromatic N) is 2. The van der Waals surface area contributed by atoms with Gasteiger partial charge in [0.1, 0.15) is 10.7 Å². The van der Waals surface area contributed by atoms with E-state index in [1.807, 2.05) is 6.07 Å². The van der Waals surface area contributed by atoms with Gasteiger partial charge in [-0.2, -0.15) is 0 Å². The van der Waals surface area contributed by atoms with Crippen molar-refractivity contribution in [3.63, 3.8) is 0 Å². The molecule has 22 heavy (non-hydrogen) atoms.